The van der Waals surface area contributed by atoms with E-state index in [0.29, 0.717) is 17.1 Å². The molecule has 0 aliphatic carbocycles. The zero-order valence-electron chi connectivity index (χ0n) is 10.7. The molecule has 4 heteroatoms. The van der Waals surface area contributed by atoms with Crippen molar-refractivity contribution in [3.05, 3.63) is 58.9 Å². The Morgan fingerprint density at radius 2 is 1.95 bits per heavy atom. The molecule has 0 saturated carbocycles. The Morgan fingerprint density at radius 1 is 1.21 bits per heavy atom. The Bertz CT molecular complexity index is 511. The SMILES string of the molecule is COc1ccc(CCC(O)c2ccc(Cl)cn2)cc1. The molecule has 0 spiro atoms. The van der Waals surface area contributed by atoms with Crippen LogP contribution in [0.1, 0.15) is 23.8 Å². The van der Waals surface area contributed by atoms with E-state index in [2.05, 4.69) is 4.98 Å². The molecule has 100 valence electrons. The molecule has 0 radical (unpaired) electrons. The normalized spacial score (nSPS) is 12.2. The average Bonchev–Trinajstić information content (AvgIpc) is 2.46. The molecule has 3 nitrogen and oxygen atoms in total. The second-order valence-electron chi connectivity index (χ2n) is 4.30. The molecule has 2 rings (SSSR count). The van der Waals surface area contributed by atoms with E-state index in [-0.39, 0.29) is 0 Å². The van der Waals surface area contributed by atoms with Crippen LogP contribution in [0.2, 0.25) is 5.02 Å². The number of hydrogen-bond donors (Lipinski definition) is 1. The minimum absolute atomic E-state index is 0.570. The maximum Gasteiger partial charge on any atom is 0.118 e. The molecule has 1 heterocycles. The summed E-state index contributed by atoms with van der Waals surface area (Å²) in [6.07, 6.45) is 2.39. The topological polar surface area (TPSA) is 42.4 Å². The van der Waals surface area contributed by atoms with Crippen molar-refractivity contribution in [2.75, 3.05) is 7.11 Å². The van der Waals surface area contributed by atoms with Crippen LogP contribution in [0.25, 0.3) is 0 Å². The summed E-state index contributed by atoms with van der Waals surface area (Å²) in [5.41, 5.74) is 1.81. The molecule has 0 bridgehead atoms. The van der Waals surface area contributed by atoms with Crippen molar-refractivity contribution >= 4 is 11.6 Å². The third kappa shape index (κ3) is 3.94. The quantitative estimate of drug-likeness (QED) is 0.911. The second kappa shape index (κ2) is 6.55. The summed E-state index contributed by atoms with van der Waals surface area (Å²) in [5, 5.41) is 10.6. The van der Waals surface area contributed by atoms with Gasteiger partial charge in [0, 0.05) is 6.20 Å². The van der Waals surface area contributed by atoms with E-state index in [4.69, 9.17) is 16.3 Å². The highest BCUT2D eigenvalue weighted by Crippen LogP contribution is 2.19. The predicted molar refractivity (Wildman–Crippen MR) is 75.5 cm³/mol. The lowest BCUT2D eigenvalue weighted by atomic mass is 10.0. The molecule has 0 aliphatic heterocycles. The van der Waals surface area contributed by atoms with Gasteiger partial charge < -0.3 is 9.84 Å². The van der Waals surface area contributed by atoms with Crippen LogP contribution in [0.5, 0.6) is 5.75 Å². The maximum atomic E-state index is 10.0. The third-order valence-corrected chi connectivity index (χ3v) is 3.18. The molecule has 1 aromatic heterocycles. The first-order valence-corrected chi connectivity index (χ1v) is 6.49. The van der Waals surface area contributed by atoms with Crippen LogP contribution in [-0.2, 0) is 6.42 Å². The van der Waals surface area contributed by atoms with E-state index in [0.717, 1.165) is 17.7 Å². The number of benzene rings is 1. The Balaban J connectivity index is 1.92. The van der Waals surface area contributed by atoms with Gasteiger partial charge in [-0.25, -0.2) is 0 Å². The van der Waals surface area contributed by atoms with E-state index in [1.807, 2.05) is 24.3 Å². The third-order valence-electron chi connectivity index (χ3n) is 2.96. The summed E-state index contributed by atoms with van der Waals surface area (Å²) in [6.45, 7) is 0. The molecule has 1 N–H and O–H groups in total. The van der Waals surface area contributed by atoms with E-state index in [1.54, 1.807) is 25.4 Å². The molecule has 0 saturated heterocycles. The van der Waals surface area contributed by atoms with Gasteiger partial charge in [0.25, 0.3) is 0 Å². The molecular weight excluding hydrogens is 262 g/mol. The van der Waals surface area contributed by atoms with Gasteiger partial charge in [-0.1, -0.05) is 23.7 Å². The molecule has 1 atom stereocenters. The lowest BCUT2D eigenvalue weighted by molar-refractivity contribution is 0.163. The van der Waals surface area contributed by atoms with E-state index < -0.39 is 6.10 Å². The van der Waals surface area contributed by atoms with Gasteiger partial charge in [0.05, 0.1) is 23.9 Å². The summed E-state index contributed by atoms with van der Waals surface area (Å²) in [5.74, 6) is 0.837. The van der Waals surface area contributed by atoms with Gasteiger partial charge in [-0.15, -0.1) is 0 Å². The number of nitrogens with zero attached hydrogens (tertiary/aromatic N) is 1. The van der Waals surface area contributed by atoms with Crippen molar-refractivity contribution in [2.45, 2.75) is 18.9 Å². The van der Waals surface area contributed by atoms with Crippen molar-refractivity contribution in [2.24, 2.45) is 0 Å². The number of aliphatic hydroxyl groups is 1. The van der Waals surface area contributed by atoms with Crippen LogP contribution in [0.15, 0.2) is 42.6 Å². The number of hydrogen-bond acceptors (Lipinski definition) is 3. The lowest BCUT2D eigenvalue weighted by Crippen LogP contribution is -2.02. The average molecular weight is 278 g/mol. The minimum atomic E-state index is -0.570. The molecule has 1 aromatic carbocycles. The second-order valence-corrected chi connectivity index (χ2v) is 4.74. The summed E-state index contributed by atoms with van der Waals surface area (Å²) in [7, 11) is 1.64. The fourth-order valence-corrected chi connectivity index (χ4v) is 1.94. The molecule has 0 aliphatic rings. The number of aromatic nitrogens is 1. The van der Waals surface area contributed by atoms with Gasteiger partial charge in [-0.05, 0) is 42.7 Å². The Hall–Kier alpha value is -1.58. The fourth-order valence-electron chi connectivity index (χ4n) is 1.83. The highest BCUT2D eigenvalue weighted by Gasteiger charge is 2.09. The largest absolute Gasteiger partial charge is 0.497 e. The van der Waals surface area contributed by atoms with Gasteiger partial charge in [0.15, 0.2) is 0 Å². The van der Waals surface area contributed by atoms with Gasteiger partial charge in [-0.2, -0.15) is 0 Å². The van der Waals surface area contributed by atoms with E-state index in [1.165, 1.54) is 0 Å². The Morgan fingerprint density at radius 3 is 2.53 bits per heavy atom. The first kappa shape index (κ1) is 13.8. The summed E-state index contributed by atoms with van der Waals surface area (Å²) >= 11 is 5.76. The van der Waals surface area contributed by atoms with Crippen LogP contribution in [-0.4, -0.2) is 17.2 Å². The molecule has 1 unspecified atom stereocenters. The smallest absolute Gasteiger partial charge is 0.118 e. The van der Waals surface area contributed by atoms with Crippen molar-refractivity contribution in [1.82, 2.24) is 4.98 Å². The van der Waals surface area contributed by atoms with Crippen molar-refractivity contribution in [3.63, 3.8) is 0 Å². The van der Waals surface area contributed by atoms with E-state index >= 15 is 0 Å². The van der Waals surface area contributed by atoms with Crippen LogP contribution in [0.4, 0.5) is 0 Å². The zero-order chi connectivity index (χ0) is 13.7. The summed E-state index contributed by atoms with van der Waals surface area (Å²) in [6, 6.07) is 11.3. The van der Waals surface area contributed by atoms with E-state index in [9.17, 15) is 5.11 Å². The number of rotatable bonds is 5. The number of pyridine rings is 1. The van der Waals surface area contributed by atoms with Gasteiger partial charge >= 0.3 is 0 Å². The van der Waals surface area contributed by atoms with Crippen molar-refractivity contribution < 1.29 is 9.84 Å². The van der Waals surface area contributed by atoms with Gasteiger partial charge in [0.1, 0.15) is 5.75 Å². The van der Waals surface area contributed by atoms with Crippen LogP contribution < -0.4 is 4.74 Å². The predicted octanol–water partition coefficient (Wildman–Crippen LogP) is 3.41. The fraction of sp³-hybridized carbons (Fsp3) is 0.267. The first-order valence-electron chi connectivity index (χ1n) is 6.11. The molecule has 19 heavy (non-hydrogen) atoms. The Labute approximate surface area is 117 Å². The van der Waals surface area contributed by atoms with Crippen LogP contribution >= 0.6 is 11.6 Å². The van der Waals surface area contributed by atoms with Gasteiger partial charge in [-0.3, -0.25) is 4.98 Å². The first-order chi connectivity index (χ1) is 9.19. The molecule has 0 amide bonds. The number of halogens is 1. The highest BCUT2D eigenvalue weighted by molar-refractivity contribution is 6.30. The number of aryl methyl sites for hydroxylation is 1. The van der Waals surface area contributed by atoms with Crippen molar-refractivity contribution in [1.29, 1.82) is 0 Å². The standard InChI is InChI=1S/C15H16ClNO2/c1-19-13-6-2-11(3-7-13)4-9-15(18)14-8-5-12(16)10-17-14/h2-3,5-8,10,15,18H,4,9H2,1H3. The number of ether oxygens (including phenoxy) is 1. The summed E-state index contributed by atoms with van der Waals surface area (Å²) in [4.78, 5) is 4.12. The Kier molecular flexibility index (Phi) is 4.77. The zero-order valence-corrected chi connectivity index (χ0v) is 11.5. The van der Waals surface area contributed by atoms with Crippen LogP contribution in [0.3, 0.4) is 0 Å². The highest BCUT2D eigenvalue weighted by atomic mass is 35.5. The van der Waals surface area contributed by atoms with Crippen LogP contribution in [0, 0.1) is 0 Å². The monoisotopic (exact) mass is 277 g/mol. The molecule has 0 fully saturated rings. The molecule has 2 aromatic rings. The number of aliphatic hydroxyl groups excluding tert-OH is 1. The summed E-state index contributed by atoms with van der Waals surface area (Å²) < 4.78 is 5.10. The number of methoxy groups -OCH3 is 1. The molecular formula is C15H16ClNO2. The van der Waals surface area contributed by atoms with Crippen molar-refractivity contribution in [3.8, 4) is 5.75 Å². The maximum absolute atomic E-state index is 10.0. The van der Waals surface area contributed by atoms with Gasteiger partial charge in [0.2, 0.25) is 0 Å². The lowest BCUT2D eigenvalue weighted by Gasteiger charge is -2.10. The minimum Gasteiger partial charge on any atom is -0.497 e.